The van der Waals surface area contributed by atoms with E-state index in [0.717, 1.165) is 18.4 Å². The van der Waals surface area contributed by atoms with Gasteiger partial charge in [-0.2, -0.15) is 0 Å². The molecule has 4 rings (SSSR count). The Morgan fingerprint density at radius 2 is 1.90 bits per heavy atom. The van der Waals surface area contributed by atoms with Gasteiger partial charge in [-0.1, -0.05) is 55.7 Å². The van der Waals surface area contributed by atoms with E-state index in [9.17, 15) is 4.79 Å². The van der Waals surface area contributed by atoms with Crippen molar-refractivity contribution >= 4 is 23.4 Å². The van der Waals surface area contributed by atoms with E-state index in [1.165, 1.54) is 31.0 Å². The summed E-state index contributed by atoms with van der Waals surface area (Å²) in [5.74, 6) is 1.56. The number of methoxy groups -OCH3 is 1. The maximum atomic E-state index is 13.2. The SMILES string of the molecule is COc1cccc(NC(=O)[C@H](Sc2nnc(C3CCCCC3)o2)c2ccccc2)c1. The Morgan fingerprint density at radius 3 is 2.67 bits per heavy atom. The summed E-state index contributed by atoms with van der Waals surface area (Å²) in [5.41, 5.74) is 1.55. The van der Waals surface area contributed by atoms with Gasteiger partial charge < -0.3 is 14.5 Å². The highest BCUT2D eigenvalue weighted by molar-refractivity contribution is 8.00. The van der Waals surface area contributed by atoms with Crippen molar-refractivity contribution in [3.05, 3.63) is 66.1 Å². The van der Waals surface area contributed by atoms with Crippen molar-refractivity contribution in [1.82, 2.24) is 10.2 Å². The third-order valence-corrected chi connectivity index (χ3v) is 6.36. The van der Waals surface area contributed by atoms with E-state index in [2.05, 4.69) is 15.5 Å². The molecule has 7 heteroatoms. The summed E-state index contributed by atoms with van der Waals surface area (Å²) in [6.07, 6.45) is 5.85. The summed E-state index contributed by atoms with van der Waals surface area (Å²) in [6, 6.07) is 16.9. The normalized spacial score (nSPS) is 15.5. The quantitative estimate of drug-likeness (QED) is 0.499. The van der Waals surface area contributed by atoms with Crippen molar-refractivity contribution in [1.29, 1.82) is 0 Å². The molecular formula is C23H25N3O3S. The number of anilines is 1. The highest BCUT2D eigenvalue weighted by atomic mass is 32.2. The number of rotatable bonds is 7. The molecule has 0 bridgehead atoms. The molecule has 30 heavy (non-hydrogen) atoms. The number of carbonyl (C=O) groups is 1. The van der Waals surface area contributed by atoms with Crippen LogP contribution < -0.4 is 10.1 Å². The number of amides is 1. The zero-order valence-electron chi connectivity index (χ0n) is 16.9. The van der Waals surface area contributed by atoms with Crippen LogP contribution in [0.1, 0.15) is 54.7 Å². The van der Waals surface area contributed by atoms with E-state index in [1.54, 1.807) is 13.2 Å². The van der Waals surface area contributed by atoms with Crippen LogP contribution in [0.2, 0.25) is 0 Å². The van der Waals surface area contributed by atoms with Crippen LogP contribution in [0, 0.1) is 0 Å². The lowest BCUT2D eigenvalue weighted by Crippen LogP contribution is -2.19. The molecule has 156 valence electrons. The molecule has 0 unspecified atom stereocenters. The number of hydrogen-bond donors (Lipinski definition) is 1. The molecule has 1 fully saturated rings. The van der Waals surface area contributed by atoms with Gasteiger partial charge in [0.25, 0.3) is 5.22 Å². The fourth-order valence-electron chi connectivity index (χ4n) is 3.69. The number of aromatic nitrogens is 2. The molecule has 1 aliphatic rings. The fourth-order valence-corrected chi connectivity index (χ4v) is 4.58. The first-order chi connectivity index (χ1) is 14.7. The van der Waals surface area contributed by atoms with Crippen LogP contribution >= 0.6 is 11.8 Å². The van der Waals surface area contributed by atoms with Gasteiger partial charge in [0.15, 0.2) is 0 Å². The predicted octanol–water partition coefficient (Wildman–Crippen LogP) is 5.60. The summed E-state index contributed by atoms with van der Waals surface area (Å²) in [6.45, 7) is 0. The molecule has 6 nitrogen and oxygen atoms in total. The molecule has 0 spiro atoms. The summed E-state index contributed by atoms with van der Waals surface area (Å²) in [4.78, 5) is 13.2. The average molecular weight is 424 g/mol. The van der Waals surface area contributed by atoms with E-state index in [0.29, 0.717) is 28.5 Å². The summed E-state index contributed by atoms with van der Waals surface area (Å²) in [5, 5.41) is 11.4. The van der Waals surface area contributed by atoms with Gasteiger partial charge in [-0.3, -0.25) is 4.79 Å². The third-order valence-electron chi connectivity index (χ3n) is 5.27. The number of ether oxygens (including phenoxy) is 1. The molecule has 1 saturated carbocycles. The molecule has 3 aromatic rings. The Balaban J connectivity index is 1.53. The van der Waals surface area contributed by atoms with Crippen LogP contribution in [-0.2, 0) is 4.79 Å². The summed E-state index contributed by atoms with van der Waals surface area (Å²) >= 11 is 1.28. The summed E-state index contributed by atoms with van der Waals surface area (Å²) in [7, 11) is 1.60. The third kappa shape index (κ3) is 5.02. The monoisotopic (exact) mass is 423 g/mol. The minimum atomic E-state index is -0.517. The first-order valence-electron chi connectivity index (χ1n) is 10.2. The van der Waals surface area contributed by atoms with Crippen molar-refractivity contribution < 1.29 is 13.9 Å². The van der Waals surface area contributed by atoms with Crippen LogP contribution in [0.15, 0.2) is 64.2 Å². The van der Waals surface area contributed by atoms with Gasteiger partial charge >= 0.3 is 0 Å². The highest BCUT2D eigenvalue weighted by Gasteiger charge is 2.27. The molecule has 1 N–H and O–H groups in total. The lowest BCUT2D eigenvalue weighted by atomic mass is 9.89. The van der Waals surface area contributed by atoms with Gasteiger partial charge in [-0.25, -0.2) is 0 Å². The van der Waals surface area contributed by atoms with E-state index < -0.39 is 5.25 Å². The predicted molar refractivity (Wildman–Crippen MR) is 117 cm³/mol. The minimum absolute atomic E-state index is 0.156. The number of nitrogens with one attached hydrogen (secondary N) is 1. The molecule has 0 saturated heterocycles. The number of nitrogens with zero attached hydrogens (tertiary/aromatic N) is 2. The van der Waals surface area contributed by atoms with Crippen LogP contribution in [0.4, 0.5) is 5.69 Å². The Labute approximate surface area is 180 Å². The second kappa shape index (κ2) is 9.80. The van der Waals surface area contributed by atoms with Gasteiger partial charge in [0.2, 0.25) is 11.8 Å². The zero-order valence-corrected chi connectivity index (χ0v) is 17.7. The molecule has 1 aliphatic carbocycles. The highest BCUT2D eigenvalue weighted by Crippen LogP contribution is 2.38. The Bertz CT molecular complexity index is 971. The van der Waals surface area contributed by atoms with Crippen LogP contribution in [-0.4, -0.2) is 23.2 Å². The Hall–Kier alpha value is -2.80. The first-order valence-corrected chi connectivity index (χ1v) is 11.1. The minimum Gasteiger partial charge on any atom is -0.497 e. The van der Waals surface area contributed by atoms with Gasteiger partial charge in [-0.05, 0) is 42.3 Å². The van der Waals surface area contributed by atoms with Crippen LogP contribution in [0.5, 0.6) is 5.75 Å². The lowest BCUT2D eigenvalue weighted by molar-refractivity contribution is -0.115. The molecule has 2 aromatic carbocycles. The number of hydrogen-bond acceptors (Lipinski definition) is 6. The van der Waals surface area contributed by atoms with E-state index in [1.807, 2.05) is 48.5 Å². The molecular weight excluding hydrogens is 398 g/mol. The standard InChI is InChI=1S/C23H25N3O3S/c1-28-19-14-8-13-18(15-19)24-21(27)20(16-9-4-2-5-10-16)30-23-26-25-22(29-23)17-11-6-3-7-12-17/h2,4-5,8-10,13-15,17,20H,3,6-7,11-12H2,1H3,(H,24,27)/t20-/m1/s1. The second-order valence-corrected chi connectivity index (χ2v) is 8.43. The molecule has 1 heterocycles. The van der Waals surface area contributed by atoms with Crippen molar-refractivity contribution in [3.63, 3.8) is 0 Å². The van der Waals surface area contributed by atoms with Crippen LogP contribution in [0.25, 0.3) is 0 Å². The molecule has 1 aromatic heterocycles. The fraction of sp³-hybridized carbons (Fsp3) is 0.348. The second-order valence-electron chi connectivity index (χ2n) is 7.37. The maximum absolute atomic E-state index is 13.2. The summed E-state index contributed by atoms with van der Waals surface area (Å²) < 4.78 is 11.2. The molecule has 0 aliphatic heterocycles. The van der Waals surface area contributed by atoms with Crippen molar-refractivity contribution in [2.45, 2.75) is 48.5 Å². The zero-order chi connectivity index (χ0) is 20.8. The largest absolute Gasteiger partial charge is 0.497 e. The number of carbonyl (C=O) groups excluding carboxylic acids is 1. The van der Waals surface area contributed by atoms with E-state index >= 15 is 0 Å². The van der Waals surface area contributed by atoms with E-state index in [-0.39, 0.29) is 5.91 Å². The molecule has 1 amide bonds. The van der Waals surface area contributed by atoms with Gasteiger partial charge in [0.05, 0.1) is 7.11 Å². The molecule has 1 atom stereocenters. The van der Waals surface area contributed by atoms with Crippen molar-refractivity contribution in [3.8, 4) is 5.75 Å². The topological polar surface area (TPSA) is 77.2 Å². The van der Waals surface area contributed by atoms with Gasteiger partial charge in [-0.15, -0.1) is 10.2 Å². The van der Waals surface area contributed by atoms with E-state index in [4.69, 9.17) is 9.15 Å². The average Bonchev–Trinajstić information content (AvgIpc) is 3.27. The van der Waals surface area contributed by atoms with Gasteiger partial charge in [0.1, 0.15) is 11.0 Å². The smallest absolute Gasteiger partial charge is 0.277 e. The molecule has 0 radical (unpaired) electrons. The Kier molecular flexibility index (Phi) is 6.69. The lowest BCUT2D eigenvalue weighted by Gasteiger charge is -2.17. The van der Waals surface area contributed by atoms with Crippen LogP contribution in [0.3, 0.4) is 0 Å². The van der Waals surface area contributed by atoms with Crippen molar-refractivity contribution in [2.24, 2.45) is 0 Å². The first kappa shape index (κ1) is 20.5. The maximum Gasteiger partial charge on any atom is 0.277 e. The number of benzene rings is 2. The van der Waals surface area contributed by atoms with Crippen molar-refractivity contribution in [2.75, 3.05) is 12.4 Å². The van der Waals surface area contributed by atoms with Gasteiger partial charge in [0, 0.05) is 17.7 Å². The Morgan fingerprint density at radius 1 is 1.10 bits per heavy atom. The number of thioether (sulfide) groups is 1.